The van der Waals surface area contributed by atoms with Crippen LogP contribution < -0.4 is 0 Å². The normalized spacial score (nSPS) is 16.2. The molecule has 0 aliphatic heterocycles. The van der Waals surface area contributed by atoms with Crippen LogP contribution in [0.4, 0.5) is 0 Å². The lowest BCUT2D eigenvalue weighted by Gasteiger charge is -2.30. The van der Waals surface area contributed by atoms with Crippen LogP contribution in [0.2, 0.25) is 0 Å². The monoisotopic (exact) mass is 485 g/mol. The van der Waals surface area contributed by atoms with Gasteiger partial charge in [0.05, 0.1) is 42.9 Å². The van der Waals surface area contributed by atoms with Crippen molar-refractivity contribution in [2.24, 2.45) is 10.9 Å². The molecule has 1 fully saturated rings. The second kappa shape index (κ2) is 8.98. The van der Waals surface area contributed by atoms with Gasteiger partial charge in [-0.05, 0) is 57.2 Å². The third kappa shape index (κ3) is 4.66. The van der Waals surface area contributed by atoms with Crippen molar-refractivity contribution in [3.63, 3.8) is 0 Å². The van der Waals surface area contributed by atoms with Gasteiger partial charge in [-0.3, -0.25) is 9.67 Å². The number of H-pyrrole nitrogens is 1. The zero-order chi connectivity index (χ0) is 25.5. The van der Waals surface area contributed by atoms with Crippen LogP contribution in [0.5, 0.6) is 0 Å². The molecule has 0 amide bonds. The molecular formula is C27H31N7O2. The Balaban J connectivity index is 1.42. The highest BCUT2D eigenvalue weighted by Crippen LogP contribution is 2.51. The molecular weight excluding hydrogens is 454 g/mol. The highest BCUT2D eigenvalue weighted by atomic mass is 16.5. The fourth-order valence-electron chi connectivity index (χ4n) is 4.53. The fourth-order valence-corrected chi connectivity index (χ4v) is 4.53. The summed E-state index contributed by atoms with van der Waals surface area (Å²) in [7, 11) is 1.59. The van der Waals surface area contributed by atoms with Gasteiger partial charge in [0.2, 0.25) is 5.90 Å². The number of aromatic nitrogens is 6. The number of hydrogen-bond acceptors (Lipinski definition) is 7. The van der Waals surface area contributed by atoms with Gasteiger partial charge in [0.1, 0.15) is 11.2 Å². The number of rotatable bonds is 8. The van der Waals surface area contributed by atoms with Gasteiger partial charge in [-0.1, -0.05) is 12.6 Å². The summed E-state index contributed by atoms with van der Waals surface area (Å²) < 4.78 is 7.31. The summed E-state index contributed by atoms with van der Waals surface area (Å²) in [5, 5.41) is 14.4. The van der Waals surface area contributed by atoms with Crippen LogP contribution in [0, 0.1) is 5.92 Å². The summed E-state index contributed by atoms with van der Waals surface area (Å²) in [6.45, 7) is 10.4. The van der Waals surface area contributed by atoms with E-state index in [0.717, 1.165) is 46.5 Å². The number of fused-ring (bicyclic) bond motifs is 1. The lowest BCUT2D eigenvalue weighted by atomic mass is 9.76. The molecule has 1 atom stereocenters. The smallest absolute Gasteiger partial charge is 0.223 e. The lowest BCUT2D eigenvalue weighted by Crippen LogP contribution is -2.27. The first-order chi connectivity index (χ1) is 17.2. The summed E-state index contributed by atoms with van der Waals surface area (Å²) in [5.41, 5.74) is 4.27. The summed E-state index contributed by atoms with van der Waals surface area (Å²) in [6.07, 6.45) is 11.2. The first kappa shape index (κ1) is 23.9. The Morgan fingerprint density at radius 2 is 1.97 bits per heavy atom. The molecule has 1 aliphatic rings. The maximum Gasteiger partial charge on any atom is 0.223 e. The number of aliphatic imine (C=N–C) groups is 1. The van der Waals surface area contributed by atoms with E-state index < -0.39 is 11.0 Å². The van der Waals surface area contributed by atoms with Crippen LogP contribution in [0.15, 0.2) is 66.5 Å². The molecule has 0 bridgehead atoms. The highest BCUT2D eigenvalue weighted by molar-refractivity contribution is 5.94. The molecule has 9 nitrogen and oxygen atoms in total. The molecule has 0 saturated heterocycles. The molecule has 0 radical (unpaired) electrons. The number of allylic oxidation sites excluding steroid dienone is 1. The molecule has 5 rings (SSSR count). The van der Waals surface area contributed by atoms with Gasteiger partial charge in [-0.2, -0.15) is 5.10 Å². The topological polar surface area (TPSA) is 114 Å². The van der Waals surface area contributed by atoms with Gasteiger partial charge >= 0.3 is 0 Å². The predicted octanol–water partition coefficient (Wildman–Crippen LogP) is 4.26. The van der Waals surface area contributed by atoms with E-state index in [2.05, 4.69) is 39.6 Å². The molecule has 2 N–H and O–H groups in total. The molecule has 0 aromatic carbocycles. The second-order valence-corrected chi connectivity index (χ2v) is 10.2. The Morgan fingerprint density at radius 3 is 2.64 bits per heavy atom. The average Bonchev–Trinajstić information content (AvgIpc) is 3.44. The minimum absolute atomic E-state index is 0.365. The Kier molecular flexibility index (Phi) is 5.96. The van der Waals surface area contributed by atoms with Gasteiger partial charge in [-0.15, -0.1) is 0 Å². The largest absolute Gasteiger partial charge is 0.480 e. The summed E-state index contributed by atoms with van der Waals surface area (Å²) in [6, 6.07) is 5.96. The van der Waals surface area contributed by atoms with Gasteiger partial charge in [0.25, 0.3) is 0 Å². The average molecular weight is 486 g/mol. The molecule has 1 saturated carbocycles. The number of nitrogens with one attached hydrogen (secondary N) is 1. The van der Waals surface area contributed by atoms with E-state index in [1.165, 1.54) is 0 Å². The van der Waals surface area contributed by atoms with Crippen molar-refractivity contribution in [1.82, 2.24) is 29.7 Å². The Hall–Kier alpha value is -3.85. The Morgan fingerprint density at radius 1 is 1.17 bits per heavy atom. The van der Waals surface area contributed by atoms with Crippen molar-refractivity contribution in [2.45, 2.75) is 51.2 Å². The minimum atomic E-state index is -0.875. The van der Waals surface area contributed by atoms with Gasteiger partial charge in [-0.25, -0.2) is 15.0 Å². The summed E-state index contributed by atoms with van der Waals surface area (Å²) in [5.74, 6) is 0.863. The third-order valence-electron chi connectivity index (χ3n) is 6.74. The van der Waals surface area contributed by atoms with Crippen LogP contribution >= 0.6 is 0 Å². The maximum absolute atomic E-state index is 10.1. The molecule has 9 heteroatoms. The standard InChI is InChI=1S/C27H31N7O2/c1-17(32-25(36-5)18-12-31-34(15-18)16-26(2,3)35)27(4,19-6-7-19)20-8-9-21(29-13-20)23-14-30-24-22(33-23)10-11-28-24/h8-15,19,35H,1,6-7,16H2,2-5H3,(H,28,30)/t27-/m1/s1. The Bertz CT molecular complexity index is 1420. The van der Waals surface area contributed by atoms with Crippen molar-refractivity contribution in [3.05, 3.63) is 72.6 Å². The summed E-state index contributed by atoms with van der Waals surface area (Å²) in [4.78, 5) is 21.7. The van der Waals surface area contributed by atoms with E-state index in [0.29, 0.717) is 24.1 Å². The van der Waals surface area contributed by atoms with Gasteiger partial charge in [0.15, 0.2) is 5.65 Å². The van der Waals surface area contributed by atoms with E-state index in [1.54, 1.807) is 38.0 Å². The highest BCUT2D eigenvalue weighted by Gasteiger charge is 2.45. The molecule has 186 valence electrons. The molecule has 4 aromatic heterocycles. The molecule has 4 heterocycles. The first-order valence-electron chi connectivity index (χ1n) is 12.0. The van der Waals surface area contributed by atoms with E-state index in [4.69, 9.17) is 14.7 Å². The van der Waals surface area contributed by atoms with E-state index in [1.807, 2.05) is 30.7 Å². The van der Waals surface area contributed by atoms with E-state index >= 15 is 0 Å². The number of pyridine rings is 1. The van der Waals surface area contributed by atoms with Crippen molar-refractivity contribution in [1.29, 1.82) is 0 Å². The molecule has 0 spiro atoms. The van der Waals surface area contributed by atoms with E-state index in [9.17, 15) is 5.11 Å². The van der Waals surface area contributed by atoms with Gasteiger partial charge in [0, 0.05) is 29.7 Å². The van der Waals surface area contributed by atoms with Crippen molar-refractivity contribution in [2.75, 3.05) is 7.11 Å². The van der Waals surface area contributed by atoms with Crippen LogP contribution in [-0.4, -0.2) is 53.4 Å². The van der Waals surface area contributed by atoms with Crippen LogP contribution in [0.3, 0.4) is 0 Å². The number of aromatic amines is 1. The molecule has 4 aromatic rings. The van der Waals surface area contributed by atoms with Crippen LogP contribution in [-0.2, 0) is 16.7 Å². The number of ether oxygens (including phenoxy) is 1. The number of nitrogens with zero attached hydrogens (tertiary/aromatic N) is 6. The fraction of sp³-hybridized carbons (Fsp3) is 0.370. The minimum Gasteiger partial charge on any atom is -0.480 e. The van der Waals surface area contributed by atoms with Crippen molar-refractivity contribution >= 4 is 17.1 Å². The Labute approximate surface area is 210 Å². The quantitative estimate of drug-likeness (QED) is 0.285. The van der Waals surface area contributed by atoms with Crippen LogP contribution in [0.25, 0.3) is 22.6 Å². The molecule has 1 aliphatic carbocycles. The van der Waals surface area contributed by atoms with E-state index in [-0.39, 0.29) is 0 Å². The first-order valence-corrected chi connectivity index (χ1v) is 12.0. The summed E-state index contributed by atoms with van der Waals surface area (Å²) >= 11 is 0. The zero-order valence-electron chi connectivity index (χ0n) is 21.1. The third-order valence-corrected chi connectivity index (χ3v) is 6.74. The number of hydrogen-bond donors (Lipinski definition) is 2. The molecule has 0 unspecified atom stereocenters. The number of aliphatic hydroxyl groups is 1. The SMILES string of the molecule is C=C(N=C(OC)c1cnn(CC(C)(C)O)c1)[C@@](C)(c1ccc(-c2cnc3[nH]ccc3n2)nc1)C1CC1. The predicted molar refractivity (Wildman–Crippen MR) is 138 cm³/mol. The van der Waals surface area contributed by atoms with Gasteiger partial charge < -0.3 is 14.8 Å². The van der Waals surface area contributed by atoms with Crippen LogP contribution in [0.1, 0.15) is 44.7 Å². The van der Waals surface area contributed by atoms with Crippen molar-refractivity contribution in [3.8, 4) is 11.4 Å². The second-order valence-electron chi connectivity index (χ2n) is 10.2. The molecule has 36 heavy (non-hydrogen) atoms. The zero-order valence-corrected chi connectivity index (χ0v) is 21.1. The number of methoxy groups -OCH3 is 1. The van der Waals surface area contributed by atoms with Crippen molar-refractivity contribution < 1.29 is 9.84 Å². The maximum atomic E-state index is 10.1. The lowest BCUT2D eigenvalue weighted by molar-refractivity contribution is 0.0577.